The van der Waals surface area contributed by atoms with Crippen LogP contribution in [-0.4, -0.2) is 38.9 Å². The van der Waals surface area contributed by atoms with Crippen LogP contribution >= 0.6 is 0 Å². The Bertz CT molecular complexity index is 793. The second-order valence-corrected chi connectivity index (χ2v) is 7.88. The largest absolute Gasteiger partial charge is 0.294 e. The van der Waals surface area contributed by atoms with Gasteiger partial charge in [-0.25, -0.2) is 0 Å². The molecular weight excluding hydrogens is 336 g/mol. The molecule has 3 N–H and O–H groups in total. The van der Waals surface area contributed by atoms with Crippen LogP contribution in [0.1, 0.15) is 12.5 Å². The third kappa shape index (κ3) is 3.53. The first-order valence-electron chi connectivity index (χ1n) is 4.88. The second-order valence-electron chi connectivity index (χ2n) is 3.68. The Labute approximate surface area is 115 Å². The van der Waals surface area contributed by atoms with E-state index in [-0.39, 0.29) is 6.42 Å². The Morgan fingerprint density at radius 3 is 1.35 bits per heavy atom. The Hall–Kier alpha value is -1.05. The van der Waals surface area contributed by atoms with Crippen LogP contribution in [0.15, 0.2) is 26.8 Å². The number of rotatable bonds is 4. The Morgan fingerprint density at radius 2 is 1.15 bits per heavy atom. The highest BCUT2D eigenvalue weighted by Gasteiger charge is 2.27. The van der Waals surface area contributed by atoms with Crippen LogP contribution in [-0.2, 0) is 36.8 Å². The minimum Gasteiger partial charge on any atom is -0.282 e. The highest BCUT2D eigenvalue weighted by atomic mass is 32.2. The molecule has 0 spiro atoms. The van der Waals surface area contributed by atoms with Crippen LogP contribution < -0.4 is 0 Å². The van der Waals surface area contributed by atoms with Crippen molar-refractivity contribution in [2.45, 2.75) is 28.0 Å². The Kier molecular flexibility index (Phi) is 4.29. The first kappa shape index (κ1) is 17.0. The molecule has 0 radical (unpaired) electrons. The lowest BCUT2D eigenvalue weighted by Gasteiger charge is -2.11. The van der Waals surface area contributed by atoms with E-state index in [1.165, 1.54) is 6.92 Å². The van der Waals surface area contributed by atoms with Crippen LogP contribution in [0, 0.1) is 0 Å². The quantitative estimate of drug-likeness (QED) is 0.636. The highest BCUT2D eigenvalue weighted by molar-refractivity contribution is 7.87. The lowest BCUT2D eigenvalue weighted by atomic mass is 10.2. The van der Waals surface area contributed by atoms with Gasteiger partial charge in [-0.1, -0.05) is 6.92 Å². The van der Waals surface area contributed by atoms with Crippen molar-refractivity contribution in [3.63, 3.8) is 0 Å². The maximum absolute atomic E-state index is 11.2. The van der Waals surface area contributed by atoms with Gasteiger partial charge in [0.25, 0.3) is 30.4 Å². The number of hydrogen-bond donors (Lipinski definition) is 3. The fourth-order valence-electron chi connectivity index (χ4n) is 1.55. The molecule has 20 heavy (non-hydrogen) atoms. The van der Waals surface area contributed by atoms with Gasteiger partial charge in [-0.3, -0.25) is 13.7 Å². The molecule has 0 fully saturated rings. The SMILES string of the molecule is CCc1c(S(=O)(=O)O)cc(S(=O)(=O)O)cc1S(=O)(=O)O. The molecule has 9 nitrogen and oxygen atoms in total. The Morgan fingerprint density at radius 1 is 0.800 bits per heavy atom. The van der Waals surface area contributed by atoms with Gasteiger partial charge in [0.05, 0.1) is 14.7 Å². The monoisotopic (exact) mass is 346 g/mol. The molecule has 1 rings (SSSR count). The highest BCUT2D eigenvalue weighted by Crippen LogP contribution is 2.28. The molecule has 0 aliphatic heterocycles. The average Bonchev–Trinajstić information content (AvgIpc) is 2.23. The van der Waals surface area contributed by atoms with Gasteiger partial charge in [0.2, 0.25) is 0 Å². The first-order chi connectivity index (χ1) is 8.78. The average molecular weight is 346 g/mol. The van der Waals surface area contributed by atoms with Gasteiger partial charge in [-0.05, 0) is 24.1 Å². The molecule has 0 saturated heterocycles. The van der Waals surface area contributed by atoms with Crippen LogP contribution in [0.3, 0.4) is 0 Å². The molecule has 0 unspecified atom stereocenters. The molecule has 0 aliphatic carbocycles. The maximum Gasteiger partial charge on any atom is 0.294 e. The van der Waals surface area contributed by atoms with E-state index in [0.717, 1.165) is 0 Å². The summed E-state index contributed by atoms with van der Waals surface area (Å²) in [5.41, 5.74) is -0.498. The molecule has 0 atom stereocenters. The van der Waals surface area contributed by atoms with Crippen LogP contribution in [0.2, 0.25) is 0 Å². The number of hydrogen-bond acceptors (Lipinski definition) is 6. The predicted molar refractivity (Wildman–Crippen MR) is 65.3 cm³/mol. The zero-order chi connectivity index (χ0) is 15.9. The van der Waals surface area contributed by atoms with Gasteiger partial charge < -0.3 is 0 Å². The van der Waals surface area contributed by atoms with Crippen molar-refractivity contribution >= 4 is 30.4 Å². The second kappa shape index (κ2) is 5.05. The summed E-state index contributed by atoms with van der Waals surface area (Å²) in [4.78, 5) is -3.14. The lowest BCUT2D eigenvalue weighted by Crippen LogP contribution is -2.12. The van der Waals surface area contributed by atoms with E-state index in [0.29, 0.717) is 12.1 Å². The molecular formula is C8H10O9S3. The first-order valence-corrected chi connectivity index (χ1v) is 9.20. The third-order valence-electron chi connectivity index (χ3n) is 2.35. The predicted octanol–water partition coefficient (Wildman–Crippen LogP) is -0.0109. The minimum absolute atomic E-state index is 0.240. The van der Waals surface area contributed by atoms with Crippen molar-refractivity contribution in [1.29, 1.82) is 0 Å². The molecule has 12 heteroatoms. The normalized spacial score (nSPS) is 13.4. The smallest absolute Gasteiger partial charge is 0.282 e. The fraction of sp³-hybridized carbons (Fsp3) is 0.250. The molecule has 0 bridgehead atoms. The van der Waals surface area contributed by atoms with E-state index >= 15 is 0 Å². The maximum atomic E-state index is 11.2. The van der Waals surface area contributed by atoms with E-state index in [4.69, 9.17) is 13.7 Å². The Balaban J connectivity index is 4.06. The molecule has 0 saturated carbocycles. The van der Waals surface area contributed by atoms with Gasteiger partial charge in [0.15, 0.2) is 0 Å². The van der Waals surface area contributed by atoms with E-state index in [1.54, 1.807) is 0 Å². The summed E-state index contributed by atoms with van der Waals surface area (Å²) >= 11 is 0. The van der Waals surface area contributed by atoms with Gasteiger partial charge >= 0.3 is 0 Å². The van der Waals surface area contributed by atoms with Gasteiger partial charge in [-0.2, -0.15) is 25.3 Å². The van der Waals surface area contributed by atoms with Gasteiger partial charge in [0, 0.05) is 0 Å². The molecule has 0 amide bonds. The number of benzene rings is 1. The molecule has 1 aromatic carbocycles. The summed E-state index contributed by atoms with van der Waals surface area (Å²) in [6.45, 7) is 1.33. The van der Waals surface area contributed by atoms with Crippen molar-refractivity contribution in [2.24, 2.45) is 0 Å². The van der Waals surface area contributed by atoms with Crippen molar-refractivity contribution in [2.75, 3.05) is 0 Å². The summed E-state index contributed by atoms with van der Waals surface area (Å²) in [6.07, 6.45) is -0.240. The third-order valence-corrected chi connectivity index (χ3v) is 5.02. The summed E-state index contributed by atoms with van der Waals surface area (Å²) in [5, 5.41) is 0. The molecule has 0 aromatic heterocycles. The van der Waals surface area contributed by atoms with Crippen molar-refractivity contribution < 1.29 is 38.9 Å². The van der Waals surface area contributed by atoms with Gasteiger partial charge in [0.1, 0.15) is 0 Å². The standard InChI is InChI=1S/C8H10O9S3/c1-2-6-7(19(12,13)14)3-5(18(9,10)11)4-8(6)20(15,16)17/h3-4H,2H2,1H3,(H,9,10,11)(H,12,13,14)(H,15,16,17). The summed E-state index contributed by atoms with van der Waals surface area (Å²) < 4.78 is 93.5. The summed E-state index contributed by atoms with van der Waals surface area (Å²) in [7, 11) is -14.9. The molecule has 0 heterocycles. The van der Waals surface area contributed by atoms with Crippen LogP contribution in [0.25, 0.3) is 0 Å². The summed E-state index contributed by atoms with van der Waals surface area (Å²) in [5.74, 6) is 0. The van der Waals surface area contributed by atoms with Gasteiger partial charge in [-0.15, -0.1) is 0 Å². The molecule has 114 valence electrons. The van der Waals surface area contributed by atoms with E-state index < -0.39 is 50.6 Å². The van der Waals surface area contributed by atoms with E-state index in [2.05, 4.69) is 0 Å². The van der Waals surface area contributed by atoms with E-state index in [1.807, 2.05) is 0 Å². The van der Waals surface area contributed by atoms with Crippen molar-refractivity contribution in [1.82, 2.24) is 0 Å². The molecule has 1 aromatic rings. The van der Waals surface area contributed by atoms with Crippen molar-refractivity contribution in [3.8, 4) is 0 Å². The lowest BCUT2D eigenvalue weighted by molar-refractivity contribution is 0.476. The molecule has 0 aliphatic rings. The topological polar surface area (TPSA) is 163 Å². The van der Waals surface area contributed by atoms with Crippen molar-refractivity contribution in [3.05, 3.63) is 17.7 Å². The van der Waals surface area contributed by atoms with Crippen LogP contribution in [0.5, 0.6) is 0 Å². The fourth-order valence-corrected chi connectivity index (χ4v) is 3.98. The van der Waals surface area contributed by atoms with Crippen LogP contribution in [0.4, 0.5) is 0 Å². The zero-order valence-corrected chi connectivity index (χ0v) is 12.3. The zero-order valence-electron chi connectivity index (χ0n) is 9.88. The minimum atomic E-state index is -4.96. The van der Waals surface area contributed by atoms with E-state index in [9.17, 15) is 25.3 Å². The summed E-state index contributed by atoms with van der Waals surface area (Å²) in [6, 6.07) is 0.802.